The highest BCUT2D eigenvalue weighted by molar-refractivity contribution is 5.96. The molecule has 25 heavy (non-hydrogen) atoms. The van der Waals surface area contributed by atoms with Crippen LogP contribution in [-0.4, -0.2) is 43.5 Å². The fourth-order valence-corrected chi connectivity index (χ4v) is 3.92. The third-order valence-corrected chi connectivity index (χ3v) is 5.01. The highest BCUT2D eigenvalue weighted by Gasteiger charge is 2.33. The molecule has 4 rings (SSSR count). The minimum Gasteiger partial charge on any atom is -0.352 e. The predicted molar refractivity (Wildman–Crippen MR) is 103 cm³/mol. The number of piperazine rings is 1. The van der Waals surface area contributed by atoms with Gasteiger partial charge in [-0.2, -0.15) is 0 Å². The van der Waals surface area contributed by atoms with Crippen molar-refractivity contribution in [2.24, 2.45) is 0 Å². The zero-order valence-electron chi connectivity index (χ0n) is 14.4. The first kappa shape index (κ1) is 17.9. The van der Waals surface area contributed by atoms with Gasteiger partial charge >= 0.3 is 0 Å². The van der Waals surface area contributed by atoms with E-state index in [0.29, 0.717) is 6.54 Å². The fraction of sp³-hybridized carbons (Fsp3) is 0.350. The molecule has 1 saturated heterocycles. The number of carbonyl (C=O) groups excluding carboxylic acids is 1. The third-order valence-electron chi connectivity index (χ3n) is 5.01. The van der Waals surface area contributed by atoms with Crippen molar-refractivity contribution in [2.45, 2.75) is 13.0 Å². The second-order valence-electron chi connectivity index (χ2n) is 6.44. The molecule has 4 nitrogen and oxygen atoms in total. The van der Waals surface area contributed by atoms with Gasteiger partial charge in [-0.3, -0.25) is 9.69 Å². The van der Waals surface area contributed by atoms with E-state index in [4.69, 9.17) is 0 Å². The molecule has 1 aliphatic heterocycles. The van der Waals surface area contributed by atoms with Gasteiger partial charge in [-0.25, -0.2) is 0 Å². The maximum atomic E-state index is 12.3. The van der Waals surface area contributed by atoms with Crippen LogP contribution in [0.3, 0.4) is 0 Å². The molecule has 1 atom stereocenters. The molecule has 2 aromatic carbocycles. The molecule has 5 heteroatoms. The molecule has 132 valence electrons. The summed E-state index contributed by atoms with van der Waals surface area (Å²) in [5.41, 5.74) is 5.95. The lowest BCUT2D eigenvalue weighted by Crippen LogP contribution is -2.45. The SMILES string of the molecule is CCNC(=O)c1ccc2c(c1)C(N1CCNCC1)c1ccccc1-2.Cl. The number of hydrogen-bond acceptors (Lipinski definition) is 3. The lowest BCUT2D eigenvalue weighted by Gasteiger charge is -2.34. The van der Waals surface area contributed by atoms with Gasteiger partial charge in [-0.15, -0.1) is 12.4 Å². The van der Waals surface area contributed by atoms with E-state index in [1.165, 1.54) is 22.3 Å². The highest BCUT2D eigenvalue weighted by atomic mass is 35.5. The third kappa shape index (κ3) is 3.17. The van der Waals surface area contributed by atoms with E-state index in [1.807, 2.05) is 13.0 Å². The lowest BCUT2D eigenvalue weighted by atomic mass is 10.00. The Hall–Kier alpha value is -1.88. The number of rotatable bonds is 3. The van der Waals surface area contributed by atoms with Crippen LogP contribution in [0.2, 0.25) is 0 Å². The Morgan fingerprint density at radius 1 is 1.12 bits per heavy atom. The van der Waals surface area contributed by atoms with Crippen molar-refractivity contribution in [3.05, 3.63) is 59.2 Å². The van der Waals surface area contributed by atoms with Crippen molar-refractivity contribution in [3.63, 3.8) is 0 Å². The summed E-state index contributed by atoms with van der Waals surface area (Å²) in [4.78, 5) is 14.8. The van der Waals surface area contributed by atoms with Gasteiger partial charge < -0.3 is 10.6 Å². The highest BCUT2D eigenvalue weighted by Crippen LogP contribution is 2.46. The van der Waals surface area contributed by atoms with Gasteiger partial charge in [0.1, 0.15) is 0 Å². The Morgan fingerprint density at radius 2 is 1.84 bits per heavy atom. The van der Waals surface area contributed by atoms with E-state index in [9.17, 15) is 4.79 Å². The average molecular weight is 358 g/mol. The van der Waals surface area contributed by atoms with Gasteiger partial charge in [0.15, 0.2) is 0 Å². The summed E-state index contributed by atoms with van der Waals surface area (Å²) < 4.78 is 0. The maximum absolute atomic E-state index is 12.3. The molecule has 0 saturated carbocycles. The summed E-state index contributed by atoms with van der Waals surface area (Å²) in [5.74, 6) is 0.00955. The van der Waals surface area contributed by atoms with Gasteiger partial charge in [-0.05, 0) is 41.3 Å². The minimum absolute atomic E-state index is 0. The van der Waals surface area contributed by atoms with Gasteiger partial charge in [0, 0.05) is 38.3 Å². The Morgan fingerprint density at radius 3 is 2.60 bits per heavy atom. The van der Waals surface area contributed by atoms with Crippen molar-refractivity contribution >= 4 is 18.3 Å². The number of benzene rings is 2. The smallest absolute Gasteiger partial charge is 0.251 e. The van der Waals surface area contributed by atoms with Crippen LogP contribution in [0.5, 0.6) is 0 Å². The first-order valence-corrected chi connectivity index (χ1v) is 8.76. The summed E-state index contributed by atoms with van der Waals surface area (Å²) >= 11 is 0. The second-order valence-corrected chi connectivity index (χ2v) is 6.44. The van der Waals surface area contributed by atoms with Crippen LogP contribution in [0.15, 0.2) is 42.5 Å². The van der Waals surface area contributed by atoms with Gasteiger partial charge in [-0.1, -0.05) is 30.3 Å². The molecule has 0 radical (unpaired) electrons. The number of nitrogens with one attached hydrogen (secondary N) is 2. The number of nitrogens with zero attached hydrogens (tertiary/aromatic N) is 1. The van der Waals surface area contributed by atoms with Gasteiger partial charge in [0.05, 0.1) is 6.04 Å². The Bertz CT molecular complexity index is 771. The Labute approximate surface area is 155 Å². The quantitative estimate of drug-likeness (QED) is 0.887. The van der Waals surface area contributed by atoms with Crippen molar-refractivity contribution in [3.8, 4) is 11.1 Å². The summed E-state index contributed by atoms with van der Waals surface area (Å²) in [5, 5.41) is 6.33. The summed E-state index contributed by atoms with van der Waals surface area (Å²) in [7, 11) is 0. The molecule has 0 spiro atoms. The molecule has 0 bridgehead atoms. The zero-order chi connectivity index (χ0) is 16.5. The minimum atomic E-state index is 0. The molecule has 1 amide bonds. The molecule has 1 unspecified atom stereocenters. The molecular weight excluding hydrogens is 334 g/mol. The maximum Gasteiger partial charge on any atom is 0.251 e. The van der Waals surface area contributed by atoms with Crippen LogP contribution < -0.4 is 10.6 Å². The molecular formula is C20H24ClN3O. The standard InChI is InChI=1S/C20H23N3O.ClH/c1-2-22-20(24)14-7-8-16-15-5-3-4-6-17(15)19(18(16)13-14)23-11-9-21-10-12-23;/h3-8,13,19,21H,2,9-12H2,1H3,(H,22,24);1H. The van der Waals surface area contributed by atoms with Crippen LogP contribution in [0.4, 0.5) is 0 Å². The number of hydrogen-bond donors (Lipinski definition) is 2. The largest absolute Gasteiger partial charge is 0.352 e. The predicted octanol–water partition coefficient (Wildman–Crippen LogP) is 2.83. The van der Waals surface area contributed by atoms with Crippen LogP contribution in [0, 0.1) is 0 Å². The molecule has 0 aromatic heterocycles. The lowest BCUT2D eigenvalue weighted by molar-refractivity contribution is 0.0955. The van der Waals surface area contributed by atoms with Crippen LogP contribution >= 0.6 is 12.4 Å². The summed E-state index contributed by atoms with van der Waals surface area (Å²) in [6.45, 7) is 6.70. The fourth-order valence-electron chi connectivity index (χ4n) is 3.92. The molecule has 1 heterocycles. The summed E-state index contributed by atoms with van der Waals surface area (Å²) in [6.07, 6.45) is 0. The van der Waals surface area contributed by atoms with E-state index >= 15 is 0 Å². The van der Waals surface area contributed by atoms with Gasteiger partial charge in [0.2, 0.25) is 0 Å². The van der Waals surface area contributed by atoms with Gasteiger partial charge in [0.25, 0.3) is 5.91 Å². The van der Waals surface area contributed by atoms with Crippen LogP contribution in [-0.2, 0) is 0 Å². The first-order chi connectivity index (χ1) is 11.8. The normalized spacial score (nSPS) is 18.8. The van der Waals surface area contributed by atoms with E-state index in [2.05, 4.69) is 51.9 Å². The Balaban J connectivity index is 0.00000182. The number of carbonyl (C=O) groups is 1. The first-order valence-electron chi connectivity index (χ1n) is 8.76. The Kier molecular flexibility index (Phi) is 5.42. The monoisotopic (exact) mass is 357 g/mol. The molecule has 1 aliphatic carbocycles. The number of halogens is 1. The molecule has 2 aliphatic rings. The number of amides is 1. The average Bonchev–Trinajstić information content (AvgIpc) is 2.96. The number of fused-ring (bicyclic) bond motifs is 3. The van der Waals surface area contributed by atoms with Crippen LogP contribution in [0.1, 0.15) is 34.5 Å². The molecule has 2 N–H and O–H groups in total. The summed E-state index contributed by atoms with van der Waals surface area (Å²) in [6, 6.07) is 15.0. The van der Waals surface area contributed by atoms with Crippen LogP contribution in [0.25, 0.3) is 11.1 Å². The molecule has 2 aromatic rings. The van der Waals surface area contributed by atoms with E-state index in [-0.39, 0.29) is 24.4 Å². The van der Waals surface area contributed by atoms with Crippen molar-refractivity contribution < 1.29 is 4.79 Å². The van der Waals surface area contributed by atoms with Crippen molar-refractivity contribution in [2.75, 3.05) is 32.7 Å². The van der Waals surface area contributed by atoms with E-state index in [0.717, 1.165) is 31.7 Å². The second kappa shape index (κ2) is 7.56. The van der Waals surface area contributed by atoms with E-state index in [1.54, 1.807) is 0 Å². The zero-order valence-corrected chi connectivity index (χ0v) is 15.2. The van der Waals surface area contributed by atoms with Crippen molar-refractivity contribution in [1.82, 2.24) is 15.5 Å². The van der Waals surface area contributed by atoms with E-state index < -0.39 is 0 Å². The van der Waals surface area contributed by atoms with Crippen molar-refractivity contribution in [1.29, 1.82) is 0 Å². The molecule has 1 fully saturated rings. The topological polar surface area (TPSA) is 44.4 Å².